The monoisotopic (exact) mass is 236 g/mol. The molecule has 0 aromatic carbocycles. The number of rotatable bonds is 6. The lowest BCUT2D eigenvalue weighted by molar-refractivity contribution is -0.163. The van der Waals surface area contributed by atoms with E-state index in [1.54, 1.807) is 14.0 Å². The van der Waals surface area contributed by atoms with Crippen molar-refractivity contribution in [2.45, 2.75) is 26.6 Å². The summed E-state index contributed by atoms with van der Waals surface area (Å²) >= 11 is 0.987. The van der Waals surface area contributed by atoms with E-state index in [0.29, 0.717) is 12.4 Å². The van der Waals surface area contributed by atoms with E-state index in [2.05, 4.69) is 0 Å². The van der Waals surface area contributed by atoms with Gasteiger partial charge in [-0.05, 0) is 11.8 Å². The Kier molecular flexibility index (Phi) is 8.12. The van der Waals surface area contributed by atoms with Crippen molar-refractivity contribution in [2.24, 2.45) is 0 Å². The SMILES string of the molecule is CCC(=O)OC(C)OC(=O)SCCOC. The Morgan fingerprint density at radius 3 is 2.53 bits per heavy atom. The molecule has 0 fully saturated rings. The third-order valence-corrected chi connectivity index (χ3v) is 2.06. The fraction of sp³-hybridized carbons (Fsp3) is 0.778. The summed E-state index contributed by atoms with van der Waals surface area (Å²) in [6.45, 7) is 3.65. The molecule has 0 aliphatic carbocycles. The Morgan fingerprint density at radius 1 is 1.33 bits per heavy atom. The largest absolute Gasteiger partial charge is 0.425 e. The van der Waals surface area contributed by atoms with Gasteiger partial charge in [-0.25, -0.2) is 4.79 Å². The number of esters is 1. The summed E-state index contributed by atoms with van der Waals surface area (Å²) < 4.78 is 14.3. The lowest BCUT2D eigenvalue weighted by atomic mass is 10.5. The quantitative estimate of drug-likeness (QED) is 0.398. The molecule has 0 amide bonds. The molecule has 1 unspecified atom stereocenters. The Hall–Kier alpha value is -0.750. The highest BCUT2D eigenvalue weighted by atomic mass is 32.2. The third-order valence-electron chi connectivity index (χ3n) is 1.36. The van der Waals surface area contributed by atoms with Crippen molar-refractivity contribution in [2.75, 3.05) is 19.5 Å². The number of methoxy groups -OCH3 is 1. The van der Waals surface area contributed by atoms with Crippen molar-refractivity contribution in [3.63, 3.8) is 0 Å². The molecule has 0 aliphatic heterocycles. The molecular weight excluding hydrogens is 220 g/mol. The molecule has 0 rings (SSSR count). The second kappa shape index (κ2) is 8.55. The molecule has 6 heteroatoms. The molecule has 0 saturated heterocycles. The van der Waals surface area contributed by atoms with Crippen molar-refractivity contribution >= 4 is 23.0 Å². The highest BCUT2D eigenvalue weighted by Gasteiger charge is 2.12. The molecule has 0 aromatic rings. The minimum Gasteiger partial charge on any atom is -0.425 e. The summed E-state index contributed by atoms with van der Waals surface area (Å²) in [6.07, 6.45) is -0.571. The van der Waals surface area contributed by atoms with Crippen molar-refractivity contribution in [1.29, 1.82) is 0 Å². The van der Waals surface area contributed by atoms with Crippen LogP contribution in [-0.2, 0) is 19.0 Å². The molecule has 0 bridgehead atoms. The van der Waals surface area contributed by atoms with Gasteiger partial charge in [0.15, 0.2) is 0 Å². The second-order valence-corrected chi connectivity index (χ2v) is 3.65. The third kappa shape index (κ3) is 8.26. The number of ether oxygens (including phenoxy) is 3. The molecule has 0 N–H and O–H groups in total. The first-order valence-electron chi connectivity index (χ1n) is 4.62. The van der Waals surface area contributed by atoms with Gasteiger partial charge in [-0.1, -0.05) is 6.92 Å². The van der Waals surface area contributed by atoms with Crippen LogP contribution in [0.1, 0.15) is 20.3 Å². The maximum absolute atomic E-state index is 11.1. The zero-order valence-corrected chi connectivity index (χ0v) is 9.96. The highest BCUT2D eigenvalue weighted by Crippen LogP contribution is 2.08. The minimum atomic E-state index is -0.833. The molecule has 88 valence electrons. The van der Waals surface area contributed by atoms with Gasteiger partial charge in [0.2, 0.25) is 6.29 Å². The van der Waals surface area contributed by atoms with Gasteiger partial charge in [0.1, 0.15) is 0 Å². The Labute approximate surface area is 93.4 Å². The van der Waals surface area contributed by atoms with Crippen LogP contribution in [-0.4, -0.2) is 37.0 Å². The molecule has 0 heterocycles. The molecule has 0 spiro atoms. The number of hydrogen-bond acceptors (Lipinski definition) is 6. The van der Waals surface area contributed by atoms with Crippen LogP contribution in [0.5, 0.6) is 0 Å². The first kappa shape index (κ1) is 14.2. The molecule has 0 radical (unpaired) electrons. The maximum atomic E-state index is 11.1. The highest BCUT2D eigenvalue weighted by molar-refractivity contribution is 8.13. The van der Waals surface area contributed by atoms with E-state index in [1.807, 2.05) is 0 Å². The van der Waals surface area contributed by atoms with E-state index in [1.165, 1.54) is 6.92 Å². The molecular formula is C9H16O5S. The molecule has 15 heavy (non-hydrogen) atoms. The second-order valence-electron chi connectivity index (χ2n) is 2.62. The van der Waals surface area contributed by atoms with E-state index in [0.717, 1.165) is 11.8 Å². The predicted octanol–water partition coefficient (Wildman–Crippen LogP) is 1.80. The zero-order chi connectivity index (χ0) is 11.7. The zero-order valence-electron chi connectivity index (χ0n) is 9.15. The maximum Gasteiger partial charge on any atom is 0.370 e. The molecule has 0 aliphatic rings. The van der Waals surface area contributed by atoms with Crippen molar-refractivity contribution in [3.05, 3.63) is 0 Å². The summed E-state index contributed by atoms with van der Waals surface area (Å²) in [5.41, 5.74) is 0. The average Bonchev–Trinajstić information content (AvgIpc) is 2.17. The normalized spacial score (nSPS) is 11.9. The number of thioether (sulfide) groups is 1. The first-order chi connectivity index (χ1) is 7.10. The van der Waals surface area contributed by atoms with Crippen LogP contribution in [0.15, 0.2) is 0 Å². The number of carbonyl (C=O) groups excluding carboxylic acids is 2. The first-order valence-corrected chi connectivity index (χ1v) is 5.60. The van der Waals surface area contributed by atoms with Crippen LogP contribution in [0.3, 0.4) is 0 Å². The summed E-state index contributed by atoms with van der Waals surface area (Å²) in [5.74, 6) is 0.126. The van der Waals surface area contributed by atoms with Gasteiger partial charge in [0.05, 0.1) is 6.61 Å². The van der Waals surface area contributed by atoms with Crippen molar-refractivity contribution < 1.29 is 23.8 Å². The fourth-order valence-corrected chi connectivity index (χ4v) is 1.29. The smallest absolute Gasteiger partial charge is 0.370 e. The minimum absolute atomic E-state index is 0.263. The lowest BCUT2D eigenvalue weighted by Crippen LogP contribution is -2.19. The molecule has 0 aromatic heterocycles. The van der Waals surface area contributed by atoms with Gasteiger partial charge in [-0.2, -0.15) is 0 Å². The van der Waals surface area contributed by atoms with Crippen LogP contribution < -0.4 is 0 Å². The van der Waals surface area contributed by atoms with Crippen LogP contribution in [0, 0.1) is 0 Å². The van der Waals surface area contributed by atoms with Crippen LogP contribution in [0.4, 0.5) is 4.79 Å². The van der Waals surface area contributed by atoms with Crippen molar-refractivity contribution in [1.82, 2.24) is 0 Å². The van der Waals surface area contributed by atoms with Gasteiger partial charge in [0, 0.05) is 26.2 Å². The van der Waals surface area contributed by atoms with Crippen LogP contribution in [0.25, 0.3) is 0 Å². The van der Waals surface area contributed by atoms with Gasteiger partial charge < -0.3 is 14.2 Å². The van der Waals surface area contributed by atoms with Crippen LogP contribution in [0.2, 0.25) is 0 Å². The Balaban J connectivity index is 3.62. The van der Waals surface area contributed by atoms with Crippen molar-refractivity contribution in [3.8, 4) is 0 Å². The standard InChI is InChI=1S/C9H16O5S/c1-4-8(10)13-7(2)14-9(11)15-6-5-12-3/h7H,4-6H2,1-3H3. The van der Waals surface area contributed by atoms with Gasteiger partial charge >= 0.3 is 11.3 Å². The summed E-state index contributed by atoms with van der Waals surface area (Å²) in [6, 6.07) is 0. The topological polar surface area (TPSA) is 61.8 Å². The summed E-state index contributed by atoms with van der Waals surface area (Å²) in [5, 5.41) is -0.469. The lowest BCUT2D eigenvalue weighted by Gasteiger charge is -2.12. The van der Waals surface area contributed by atoms with E-state index in [9.17, 15) is 9.59 Å². The van der Waals surface area contributed by atoms with Gasteiger partial charge in [0.25, 0.3) is 0 Å². The predicted molar refractivity (Wildman–Crippen MR) is 56.7 cm³/mol. The number of hydrogen-bond donors (Lipinski definition) is 0. The summed E-state index contributed by atoms with van der Waals surface area (Å²) in [7, 11) is 1.55. The number of carbonyl (C=O) groups is 2. The van der Waals surface area contributed by atoms with E-state index >= 15 is 0 Å². The Morgan fingerprint density at radius 2 is 2.00 bits per heavy atom. The molecule has 1 atom stereocenters. The Bertz CT molecular complexity index is 207. The molecule has 0 saturated carbocycles. The van der Waals surface area contributed by atoms with E-state index in [-0.39, 0.29) is 6.42 Å². The summed E-state index contributed by atoms with van der Waals surface area (Å²) in [4.78, 5) is 21.9. The molecule has 5 nitrogen and oxygen atoms in total. The fourth-order valence-electron chi connectivity index (χ4n) is 0.670. The van der Waals surface area contributed by atoms with Gasteiger partial charge in [-0.3, -0.25) is 4.79 Å². The average molecular weight is 236 g/mol. The van der Waals surface area contributed by atoms with Gasteiger partial charge in [-0.15, -0.1) is 0 Å². The van der Waals surface area contributed by atoms with Crippen LogP contribution >= 0.6 is 11.8 Å². The van der Waals surface area contributed by atoms with E-state index in [4.69, 9.17) is 14.2 Å². The van der Waals surface area contributed by atoms with E-state index < -0.39 is 17.6 Å².